The molecular weight excluding hydrogens is 344 g/mol. The van der Waals surface area contributed by atoms with Gasteiger partial charge in [-0.3, -0.25) is 4.79 Å². The summed E-state index contributed by atoms with van der Waals surface area (Å²) >= 11 is 0. The topological polar surface area (TPSA) is 90.8 Å². The normalized spacial score (nSPS) is 22.5. The van der Waals surface area contributed by atoms with Crippen LogP contribution in [0.25, 0.3) is 0 Å². The number of methoxy groups -OCH3 is 1. The van der Waals surface area contributed by atoms with Gasteiger partial charge < -0.3 is 25.6 Å². The van der Waals surface area contributed by atoms with E-state index >= 15 is 0 Å². The molecule has 0 aromatic carbocycles. The van der Waals surface area contributed by atoms with Gasteiger partial charge in [0.05, 0.1) is 6.10 Å². The smallest absolute Gasteiger partial charge is 0.249 e. The summed E-state index contributed by atoms with van der Waals surface area (Å²) in [6.45, 7) is 5.70. The number of β-amino-alcohol motifs (C(OH)–C–C–N with tert-alkyl or cyclic N) is 1. The number of aliphatic hydroxyl groups is 2. The number of amides is 1. The second kappa shape index (κ2) is 16.6. The molecule has 0 spiro atoms. The van der Waals surface area contributed by atoms with Gasteiger partial charge in [-0.05, 0) is 44.4 Å². The van der Waals surface area contributed by atoms with Gasteiger partial charge in [-0.25, -0.2) is 0 Å². The Hall–Kier alpha value is -1.55. The highest BCUT2D eigenvalue weighted by atomic mass is 16.5. The van der Waals surface area contributed by atoms with E-state index in [1.54, 1.807) is 7.11 Å². The van der Waals surface area contributed by atoms with Crippen LogP contribution in [0.5, 0.6) is 0 Å². The molecular formula is C21H38N2O4. The van der Waals surface area contributed by atoms with Crippen molar-refractivity contribution in [1.82, 2.24) is 10.6 Å². The van der Waals surface area contributed by atoms with Crippen LogP contribution in [0.3, 0.4) is 0 Å². The molecule has 1 amide bonds. The minimum atomic E-state index is -0.377. The van der Waals surface area contributed by atoms with Gasteiger partial charge in [-0.2, -0.15) is 0 Å². The predicted octanol–water partition coefficient (Wildman–Crippen LogP) is 2.34. The first-order chi connectivity index (χ1) is 13.0. The molecule has 0 saturated carbocycles. The number of terminal acetylenes is 1. The fourth-order valence-corrected chi connectivity index (χ4v) is 2.89. The van der Waals surface area contributed by atoms with Gasteiger partial charge in [0.15, 0.2) is 0 Å². The molecule has 1 rings (SSSR count). The Kier molecular flexibility index (Phi) is 15.7. The number of hydrogen-bond acceptors (Lipinski definition) is 5. The second-order valence-corrected chi connectivity index (χ2v) is 7.05. The number of ether oxygens (including phenoxy) is 1. The van der Waals surface area contributed by atoms with E-state index in [0.29, 0.717) is 19.0 Å². The van der Waals surface area contributed by atoms with Crippen molar-refractivity contribution in [2.75, 3.05) is 20.2 Å². The molecule has 6 nitrogen and oxygen atoms in total. The molecule has 4 N–H and O–H groups in total. The summed E-state index contributed by atoms with van der Waals surface area (Å²) in [7, 11) is 1.60. The second-order valence-electron chi connectivity index (χ2n) is 7.05. The molecule has 27 heavy (non-hydrogen) atoms. The Balaban J connectivity index is 0.00000210. The van der Waals surface area contributed by atoms with Gasteiger partial charge in [-0.1, -0.05) is 38.8 Å². The zero-order valence-corrected chi connectivity index (χ0v) is 17.1. The van der Waals surface area contributed by atoms with Crippen LogP contribution in [0.2, 0.25) is 0 Å². The average Bonchev–Trinajstić information content (AvgIpc) is 2.62. The molecule has 4 atom stereocenters. The molecule has 1 aliphatic heterocycles. The first kappa shape index (κ1) is 25.4. The Morgan fingerprint density at radius 2 is 2.15 bits per heavy atom. The maximum atomic E-state index is 12.4. The summed E-state index contributed by atoms with van der Waals surface area (Å²) in [5, 5.41) is 23.0. The number of carbonyl (C=O) groups is 1. The molecule has 1 fully saturated rings. The van der Waals surface area contributed by atoms with Crippen LogP contribution in [0.1, 0.15) is 58.8 Å². The summed E-state index contributed by atoms with van der Waals surface area (Å²) in [6, 6.07) is 0.118. The molecule has 0 radical (unpaired) electrons. The molecule has 4 unspecified atom stereocenters. The Labute approximate surface area is 164 Å². The van der Waals surface area contributed by atoms with Crippen molar-refractivity contribution in [1.29, 1.82) is 0 Å². The number of carbonyl (C=O) groups excluding carboxylic acids is 1. The molecule has 6 heteroatoms. The summed E-state index contributed by atoms with van der Waals surface area (Å²) < 4.78 is 5.38. The standard InChI is InChI=1S/C19H36N2O3.C2H2O/c1-4-15(2)9-6-5-7-12-18(24-3)19(23)21-16-10-8-11-17(22)14-20-13-16;1-2-3/h6,9,15-18,20,22H,4-5,7-8,10-14H2,1-3H3,(H,21,23);1,3H/b9-6+;. The molecule has 1 aliphatic rings. The fourth-order valence-electron chi connectivity index (χ4n) is 2.89. The monoisotopic (exact) mass is 382 g/mol. The van der Waals surface area contributed by atoms with Crippen molar-refractivity contribution < 1.29 is 19.7 Å². The van der Waals surface area contributed by atoms with Gasteiger partial charge in [0.25, 0.3) is 0 Å². The van der Waals surface area contributed by atoms with E-state index in [-0.39, 0.29) is 24.2 Å². The third-order valence-corrected chi connectivity index (χ3v) is 4.73. The van der Waals surface area contributed by atoms with Crippen molar-refractivity contribution in [2.24, 2.45) is 5.92 Å². The van der Waals surface area contributed by atoms with E-state index in [9.17, 15) is 9.90 Å². The fraction of sp³-hybridized carbons (Fsp3) is 0.762. The van der Waals surface area contributed by atoms with Crippen LogP contribution < -0.4 is 10.6 Å². The number of hydrogen-bond donors (Lipinski definition) is 4. The molecule has 0 aliphatic carbocycles. The van der Waals surface area contributed by atoms with Gasteiger partial charge in [-0.15, -0.1) is 0 Å². The molecule has 0 aromatic heterocycles. The number of nitrogens with one attached hydrogen (secondary N) is 2. The Morgan fingerprint density at radius 1 is 1.44 bits per heavy atom. The third kappa shape index (κ3) is 13.3. The molecule has 0 aromatic rings. The largest absolute Gasteiger partial charge is 0.462 e. The minimum Gasteiger partial charge on any atom is -0.462 e. The van der Waals surface area contributed by atoms with E-state index in [2.05, 4.69) is 43.1 Å². The minimum absolute atomic E-state index is 0.0173. The van der Waals surface area contributed by atoms with Crippen LogP contribution in [0.15, 0.2) is 12.2 Å². The first-order valence-corrected chi connectivity index (χ1v) is 9.96. The predicted molar refractivity (Wildman–Crippen MR) is 109 cm³/mol. The lowest BCUT2D eigenvalue weighted by Crippen LogP contribution is -2.48. The highest BCUT2D eigenvalue weighted by Gasteiger charge is 2.22. The number of aliphatic hydroxyl groups excluding tert-OH is 2. The van der Waals surface area contributed by atoms with Crippen LogP contribution in [0, 0.1) is 18.4 Å². The molecule has 1 saturated heterocycles. The maximum Gasteiger partial charge on any atom is 0.249 e. The van der Waals surface area contributed by atoms with Crippen molar-refractivity contribution in [3.63, 3.8) is 0 Å². The van der Waals surface area contributed by atoms with Crippen LogP contribution in [-0.4, -0.2) is 54.6 Å². The van der Waals surface area contributed by atoms with E-state index in [1.165, 1.54) is 6.11 Å². The van der Waals surface area contributed by atoms with Gasteiger partial charge in [0.1, 0.15) is 12.2 Å². The average molecular weight is 383 g/mol. The van der Waals surface area contributed by atoms with E-state index < -0.39 is 0 Å². The lowest BCUT2D eigenvalue weighted by Gasteiger charge is -2.25. The highest BCUT2D eigenvalue weighted by Crippen LogP contribution is 2.10. The van der Waals surface area contributed by atoms with E-state index in [4.69, 9.17) is 9.84 Å². The van der Waals surface area contributed by atoms with Gasteiger partial charge in [0, 0.05) is 26.2 Å². The third-order valence-electron chi connectivity index (χ3n) is 4.73. The number of unbranched alkanes of at least 4 members (excludes halogenated alkanes) is 1. The van der Waals surface area contributed by atoms with E-state index in [1.807, 2.05) is 0 Å². The van der Waals surface area contributed by atoms with E-state index in [0.717, 1.165) is 44.9 Å². The summed E-state index contributed by atoms with van der Waals surface area (Å²) in [6.07, 6.45) is 15.7. The summed E-state index contributed by atoms with van der Waals surface area (Å²) in [5.74, 6) is 0.605. The van der Waals surface area contributed by atoms with Crippen LogP contribution in [-0.2, 0) is 9.53 Å². The Bertz CT molecular complexity index is 438. The lowest BCUT2D eigenvalue weighted by molar-refractivity contribution is -0.132. The molecule has 0 bridgehead atoms. The quantitative estimate of drug-likeness (QED) is 0.279. The van der Waals surface area contributed by atoms with Gasteiger partial charge >= 0.3 is 0 Å². The first-order valence-electron chi connectivity index (χ1n) is 9.96. The number of allylic oxidation sites excluding steroid dienone is 2. The van der Waals surface area contributed by atoms with Crippen molar-refractivity contribution >= 4 is 5.91 Å². The molecule has 1 heterocycles. The summed E-state index contributed by atoms with van der Waals surface area (Å²) in [5.41, 5.74) is 0. The SMILES string of the molecule is C#CO.CCC(C)/C=C/CCCC(OC)C(=O)NC1CCCC(O)CNC1. The van der Waals surface area contributed by atoms with Crippen LogP contribution >= 0.6 is 0 Å². The zero-order chi connectivity index (χ0) is 20.5. The zero-order valence-electron chi connectivity index (χ0n) is 17.1. The maximum absolute atomic E-state index is 12.4. The van der Waals surface area contributed by atoms with Crippen molar-refractivity contribution in [3.8, 4) is 12.5 Å². The van der Waals surface area contributed by atoms with Crippen molar-refractivity contribution in [3.05, 3.63) is 12.2 Å². The summed E-state index contributed by atoms with van der Waals surface area (Å²) in [4.78, 5) is 12.4. The Morgan fingerprint density at radius 3 is 2.78 bits per heavy atom. The number of rotatable bonds is 9. The van der Waals surface area contributed by atoms with Crippen molar-refractivity contribution in [2.45, 2.75) is 77.0 Å². The van der Waals surface area contributed by atoms with Crippen LogP contribution in [0.4, 0.5) is 0 Å². The molecule has 156 valence electrons. The van der Waals surface area contributed by atoms with Gasteiger partial charge in [0.2, 0.25) is 5.91 Å². The lowest BCUT2D eigenvalue weighted by atomic mass is 10.0. The highest BCUT2D eigenvalue weighted by molar-refractivity contribution is 5.81.